The Hall–Kier alpha value is -2.34. The molecule has 1 aromatic heterocycles. The zero-order valence-corrected chi connectivity index (χ0v) is 11.8. The molecule has 1 aromatic carbocycles. The van der Waals surface area contributed by atoms with Gasteiger partial charge in [-0.15, -0.1) is 0 Å². The first-order valence-corrected chi connectivity index (χ1v) is 6.99. The van der Waals surface area contributed by atoms with Gasteiger partial charge in [-0.2, -0.15) is 5.10 Å². The second-order valence-electron chi connectivity index (χ2n) is 5.21. The Kier molecular flexibility index (Phi) is 3.39. The lowest BCUT2D eigenvalue weighted by atomic mass is 10.1. The summed E-state index contributed by atoms with van der Waals surface area (Å²) in [6.07, 6.45) is 1.55. The van der Waals surface area contributed by atoms with Crippen molar-refractivity contribution in [2.45, 2.75) is 32.0 Å². The lowest BCUT2D eigenvalue weighted by Gasteiger charge is -2.17. The van der Waals surface area contributed by atoms with Gasteiger partial charge >= 0.3 is 0 Å². The number of anilines is 1. The molecule has 6 nitrogen and oxygen atoms in total. The molecule has 0 saturated carbocycles. The van der Waals surface area contributed by atoms with Crippen LogP contribution >= 0.6 is 0 Å². The van der Waals surface area contributed by atoms with E-state index in [1.165, 1.54) is 0 Å². The summed E-state index contributed by atoms with van der Waals surface area (Å²) in [7, 11) is 0. The van der Waals surface area contributed by atoms with Gasteiger partial charge < -0.3 is 16.2 Å². The first-order chi connectivity index (χ1) is 10.1. The number of carbonyl (C=O) groups is 1. The lowest BCUT2D eigenvalue weighted by molar-refractivity contribution is 0.0853. The number of nitrogens with zero attached hydrogens (tertiary/aromatic N) is 2. The topological polar surface area (TPSA) is 93.2 Å². The van der Waals surface area contributed by atoms with Crippen LogP contribution in [-0.4, -0.2) is 26.9 Å². The molecule has 0 spiro atoms. The summed E-state index contributed by atoms with van der Waals surface area (Å²) in [6, 6.07) is 7.29. The Bertz CT molecular complexity index is 680. The third-order valence-electron chi connectivity index (χ3n) is 3.82. The maximum atomic E-state index is 12.3. The molecule has 3 rings (SSSR count). The van der Waals surface area contributed by atoms with Crippen LogP contribution in [0.3, 0.4) is 0 Å². The van der Waals surface area contributed by atoms with Crippen molar-refractivity contribution in [2.24, 2.45) is 0 Å². The fourth-order valence-corrected chi connectivity index (χ4v) is 2.73. The van der Waals surface area contributed by atoms with Gasteiger partial charge in [-0.3, -0.25) is 9.48 Å². The molecule has 1 amide bonds. The number of hydrogen-bond acceptors (Lipinski definition) is 4. The zero-order chi connectivity index (χ0) is 15.0. The molecular weight excluding hydrogens is 268 g/mol. The molecule has 0 bridgehead atoms. The van der Waals surface area contributed by atoms with E-state index in [1.54, 1.807) is 10.9 Å². The van der Waals surface area contributed by atoms with E-state index in [9.17, 15) is 9.90 Å². The van der Waals surface area contributed by atoms with E-state index < -0.39 is 12.1 Å². The first kappa shape index (κ1) is 13.6. The Morgan fingerprint density at radius 2 is 2.29 bits per heavy atom. The Morgan fingerprint density at radius 3 is 3.00 bits per heavy atom. The number of nitrogens with two attached hydrogens (primary N) is 1. The smallest absolute Gasteiger partial charge is 0.274 e. The normalized spacial score (nSPS) is 20.3. The molecule has 0 radical (unpaired) electrons. The molecule has 6 heteroatoms. The number of benzene rings is 1. The molecule has 110 valence electrons. The average Bonchev–Trinajstić information content (AvgIpc) is 3.00. The van der Waals surface area contributed by atoms with Crippen LogP contribution in [0.15, 0.2) is 30.5 Å². The number of aryl methyl sites for hydroxylation is 1. The minimum absolute atomic E-state index is 0.202. The van der Waals surface area contributed by atoms with Gasteiger partial charge in [0.2, 0.25) is 0 Å². The van der Waals surface area contributed by atoms with E-state index in [-0.39, 0.29) is 11.6 Å². The van der Waals surface area contributed by atoms with E-state index in [1.807, 2.05) is 31.2 Å². The minimum atomic E-state index is -0.624. The number of nitrogen functional groups attached to an aromatic ring is 1. The second kappa shape index (κ2) is 5.21. The predicted octanol–water partition coefficient (Wildman–Crippen LogP) is 0.873. The number of nitrogens with one attached hydrogen (secondary N) is 1. The van der Waals surface area contributed by atoms with Crippen LogP contribution in [-0.2, 0) is 13.0 Å². The number of fused-ring (bicyclic) bond motifs is 1. The molecule has 1 aliphatic carbocycles. The summed E-state index contributed by atoms with van der Waals surface area (Å²) >= 11 is 0. The van der Waals surface area contributed by atoms with Crippen LogP contribution in [0.1, 0.15) is 34.6 Å². The molecule has 0 aliphatic heterocycles. The molecule has 4 N–H and O–H groups in total. The minimum Gasteiger partial charge on any atom is -0.396 e. The van der Waals surface area contributed by atoms with Crippen molar-refractivity contribution >= 4 is 11.6 Å². The highest BCUT2D eigenvalue weighted by molar-refractivity contribution is 5.97. The van der Waals surface area contributed by atoms with Gasteiger partial charge in [0.05, 0.1) is 17.8 Å². The first-order valence-electron chi connectivity index (χ1n) is 6.99. The third kappa shape index (κ3) is 2.38. The van der Waals surface area contributed by atoms with Gasteiger partial charge in [0.25, 0.3) is 5.91 Å². The molecule has 1 heterocycles. The predicted molar refractivity (Wildman–Crippen MR) is 78.7 cm³/mol. The Labute approximate surface area is 122 Å². The fourth-order valence-electron chi connectivity index (χ4n) is 2.73. The highest BCUT2D eigenvalue weighted by Crippen LogP contribution is 2.31. The van der Waals surface area contributed by atoms with Crippen LogP contribution in [0, 0.1) is 0 Å². The van der Waals surface area contributed by atoms with E-state index in [0.717, 1.165) is 11.1 Å². The number of carbonyl (C=O) groups excluding carboxylic acids is 1. The van der Waals surface area contributed by atoms with Crippen LogP contribution < -0.4 is 11.1 Å². The quantitative estimate of drug-likeness (QED) is 0.780. The molecule has 1 aliphatic rings. The van der Waals surface area contributed by atoms with E-state index in [2.05, 4.69) is 10.4 Å². The maximum absolute atomic E-state index is 12.3. The van der Waals surface area contributed by atoms with Crippen LogP contribution in [0.4, 0.5) is 5.69 Å². The van der Waals surface area contributed by atoms with Crippen molar-refractivity contribution in [3.8, 4) is 0 Å². The van der Waals surface area contributed by atoms with Gasteiger partial charge in [0.1, 0.15) is 0 Å². The molecule has 0 fully saturated rings. The highest BCUT2D eigenvalue weighted by atomic mass is 16.3. The maximum Gasteiger partial charge on any atom is 0.274 e. The van der Waals surface area contributed by atoms with Crippen LogP contribution in [0.5, 0.6) is 0 Å². The lowest BCUT2D eigenvalue weighted by Crippen LogP contribution is -2.34. The summed E-state index contributed by atoms with van der Waals surface area (Å²) < 4.78 is 1.61. The monoisotopic (exact) mass is 286 g/mol. The van der Waals surface area contributed by atoms with Crippen LogP contribution in [0.2, 0.25) is 0 Å². The van der Waals surface area contributed by atoms with E-state index in [0.29, 0.717) is 18.7 Å². The Balaban J connectivity index is 1.83. The molecule has 2 atom stereocenters. The van der Waals surface area contributed by atoms with Crippen molar-refractivity contribution in [1.82, 2.24) is 15.1 Å². The highest BCUT2D eigenvalue weighted by Gasteiger charge is 2.32. The molecular formula is C15H18N4O2. The molecule has 21 heavy (non-hydrogen) atoms. The van der Waals surface area contributed by atoms with E-state index >= 15 is 0 Å². The van der Waals surface area contributed by atoms with Crippen LogP contribution in [0.25, 0.3) is 0 Å². The summed E-state index contributed by atoms with van der Waals surface area (Å²) in [5.74, 6) is -0.361. The van der Waals surface area contributed by atoms with Gasteiger partial charge in [0.15, 0.2) is 5.69 Å². The summed E-state index contributed by atoms with van der Waals surface area (Å²) in [5, 5.41) is 17.1. The zero-order valence-electron chi connectivity index (χ0n) is 11.8. The Morgan fingerprint density at radius 1 is 1.52 bits per heavy atom. The fraction of sp³-hybridized carbons (Fsp3) is 0.333. The number of aromatic nitrogens is 2. The number of aliphatic hydroxyl groups excluding tert-OH is 1. The molecule has 0 saturated heterocycles. The van der Waals surface area contributed by atoms with Gasteiger partial charge in [-0.05, 0) is 18.1 Å². The SMILES string of the molecule is CCn1cc(N)c(C(=O)N[C@@H]2c3ccccc3C[C@@H]2O)n1. The van der Waals surface area contributed by atoms with Gasteiger partial charge in [-0.1, -0.05) is 24.3 Å². The van der Waals surface area contributed by atoms with E-state index in [4.69, 9.17) is 5.73 Å². The largest absolute Gasteiger partial charge is 0.396 e. The number of amides is 1. The summed E-state index contributed by atoms with van der Waals surface area (Å²) in [4.78, 5) is 12.3. The van der Waals surface area contributed by atoms with Crippen molar-refractivity contribution in [3.63, 3.8) is 0 Å². The number of hydrogen-bond donors (Lipinski definition) is 3. The standard InChI is InChI=1S/C15H18N4O2/c1-2-19-8-11(16)14(18-19)15(21)17-13-10-6-4-3-5-9(10)7-12(13)20/h3-6,8,12-13,20H,2,7,16H2,1H3,(H,17,21)/t12-,13+/m0/s1. The van der Waals surface area contributed by atoms with Gasteiger partial charge in [-0.25, -0.2) is 0 Å². The number of rotatable bonds is 3. The van der Waals surface area contributed by atoms with Crippen molar-refractivity contribution < 1.29 is 9.90 Å². The summed E-state index contributed by atoms with van der Waals surface area (Å²) in [6.45, 7) is 2.57. The third-order valence-corrected chi connectivity index (χ3v) is 3.82. The molecule has 0 unspecified atom stereocenters. The van der Waals surface area contributed by atoms with Crippen molar-refractivity contribution in [2.75, 3.05) is 5.73 Å². The van der Waals surface area contributed by atoms with Crippen molar-refractivity contribution in [1.29, 1.82) is 0 Å². The average molecular weight is 286 g/mol. The second-order valence-corrected chi connectivity index (χ2v) is 5.21. The van der Waals surface area contributed by atoms with Gasteiger partial charge in [0, 0.05) is 19.2 Å². The summed E-state index contributed by atoms with van der Waals surface area (Å²) in [5.41, 5.74) is 8.37. The van der Waals surface area contributed by atoms with Crippen molar-refractivity contribution in [3.05, 3.63) is 47.3 Å². The molecule has 2 aromatic rings. The number of aliphatic hydroxyl groups is 1.